The molecule has 0 radical (unpaired) electrons. The minimum Gasteiger partial charge on any atom is -0.481 e. The monoisotopic (exact) mass is 293 g/mol. The first-order chi connectivity index (χ1) is 9.99. The molecule has 1 saturated carbocycles. The zero-order valence-corrected chi connectivity index (χ0v) is 12.7. The Morgan fingerprint density at radius 3 is 2.57 bits per heavy atom. The Balaban J connectivity index is 2.19. The van der Waals surface area contributed by atoms with Gasteiger partial charge < -0.3 is 10.4 Å². The van der Waals surface area contributed by atoms with E-state index in [4.69, 9.17) is 5.11 Å². The van der Waals surface area contributed by atoms with E-state index in [-0.39, 0.29) is 12.3 Å². The summed E-state index contributed by atoms with van der Waals surface area (Å²) in [5, 5.41) is 16.4. The van der Waals surface area contributed by atoms with E-state index in [1.165, 1.54) is 0 Å². The summed E-state index contributed by atoms with van der Waals surface area (Å²) in [6.07, 6.45) is 4.13. The molecular weight excluding hydrogens is 270 g/mol. The van der Waals surface area contributed by atoms with Gasteiger partial charge in [0.25, 0.3) is 5.91 Å². The van der Waals surface area contributed by atoms with Gasteiger partial charge in [-0.05, 0) is 32.3 Å². The topological polar surface area (TPSA) is 84.2 Å². The van der Waals surface area contributed by atoms with Crippen molar-refractivity contribution in [3.63, 3.8) is 0 Å². The van der Waals surface area contributed by atoms with Gasteiger partial charge in [0.15, 0.2) is 0 Å². The van der Waals surface area contributed by atoms with Crippen LogP contribution in [0.3, 0.4) is 0 Å². The van der Waals surface area contributed by atoms with E-state index in [1.54, 1.807) is 10.7 Å². The highest BCUT2D eigenvalue weighted by molar-refractivity contribution is 5.93. The van der Waals surface area contributed by atoms with Gasteiger partial charge in [0.1, 0.15) is 5.69 Å². The Hall–Kier alpha value is -1.85. The normalized spacial score (nSPS) is 16.9. The molecule has 0 atom stereocenters. The number of carboxylic acids is 1. The minimum absolute atomic E-state index is 0.0142. The average molecular weight is 293 g/mol. The number of carbonyl (C=O) groups is 2. The summed E-state index contributed by atoms with van der Waals surface area (Å²) >= 11 is 0. The molecule has 0 unspecified atom stereocenters. The molecular formula is C15H23N3O3. The van der Waals surface area contributed by atoms with Gasteiger partial charge in [-0.25, -0.2) is 0 Å². The van der Waals surface area contributed by atoms with Crippen LogP contribution in [0.5, 0.6) is 0 Å². The molecule has 6 nitrogen and oxygen atoms in total. The molecule has 21 heavy (non-hydrogen) atoms. The zero-order chi connectivity index (χ0) is 15.5. The highest BCUT2D eigenvalue weighted by Gasteiger charge is 2.38. The van der Waals surface area contributed by atoms with Gasteiger partial charge in [0.2, 0.25) is 0 Å². The molecule has 0 saturated heterocycles. The van der Waals surface area contributed by atoms with E-state index in [9.17, 15) is 9.59 Å². The van der Waals surface area contributed by atoms with Crippen molar-refractivity contribution in [2.45, 2.75) is 64.5 Å². The summed E-state index contributed by atoms with van der Waals surface area (Å²) in [5.41, 5.74) is 0.796. The molecule has 0 aliphatic heterocycles. The maximum atomic E-state index is 12.5. The Morgan fingerprint density at radius 1 is 1.38 bits per heavy atom. The number of aliphatic carboxylic acids is 1. The molecule has 1 amide bonds. The predicted octanol–water partition coefficient (Wildman–Crippen LogP) is 1.98. The third-order valence-electron chi connectivity index (χ3n) is 4.15. The van der Waals surface area contributed by atoms with Gasteiger partial charge in [-0.1, -0.05) is 19.8 Å². The van der Waals surface area contributed by atoms with Gasteiger partial charge in [-0.2, -0.15) is 5.10 Å². The molecule has 6 heteroatoms. The van der Waals surface area contributed by atoms with E-state index in [0.29, 0.717) is 12.2 Å². The van der Waals surface area contributed by atoms with E-state index >= 15 is 0 Å². The molecule has 0 aromatic carbocycles. The largest absolute Gasteiger partial charge is 0.481 e. The fourth-order valence-electron chi connectivity index (χ4n) is 3.06. The first kappa shape index (κ1) is 15.5. The molecule has 1 fully saturated rings. The maximum Gasteiger partial charge on any atom is 0.305 e. The lowest BCUT2D eigenvalue weighted by Gasteiger charge is -2.28. The van der Waals surface area contributed by atoms with Crippen LogP contribution in [0.25, 0.3) is 0 Å². The fraction of sp³-hybridized carbons (Fsp3) is 0.667. The predicted molar refractivity (Wildman–Crippen MR) is 78.2 cm³/mol. The standard InChI is InChI=1S/C15H23N3O3/c1-3-11-9-12(18(4-2)17-11)14(21)16-15(10-13(19)20)7-5-6-8-15/h9H,3-8,10H2,1-2H3,(H,16,21)(H,19,20). The van der Waals surface area contributed by atoms with Crippen molar-refractivity contribution in [1.29, 1.82) is 0 Å². The highest BCUT2D eigenvalue weighted by Crippen LogP contribution is 2.33. The summed E-state index contributed by atoms with van der Waals surface area (Å²) in [6.45, 7) is 4.55. The van der Waals surface area contributed by atoms with Crippen LogP contribution in [0, 0.1) is 0 Å². The quantitative estimate of drug-likeness (QED) is 0.840. The van der Waals surface area contributed by atoms with Crippen LogP contribution in [-0.4, -0.2) is 32.3 Å². The molecule has 1 aliphatic rings. The number of nitrogens with one attached hydrogen (secondary N) is 1. The van der Waals surface area contributed by atoms with Gasteiger partial charge >= 0.3 is 5.97 Å². The number of hydrogen-bond donors (Lipinski definition) is 2. The first-order valence-corrected chi connectivity index (χ1v) is 7.60. The minimum atomic E-state index is -0.865. The molecule has 2 rings (SSSR count). The van der Waals surface area contributed by atoms with Crippen LogP contribution in [0.15, 0.2) is 6.07 Å². The summed E-state index contributed by atoms with van der Waals surface area (Å²) in [6, 6.07) is 1.79. The van der Waals surface area contributed by atoms with Crippen molar-refractivity contribution < 1.29 is 14.7 Å². The Labute approximate surface area is 124 Å². The number of rotatable bonds is 6. The van der Waals surface area contributed by atoms with E-state index in [2.05, 4.69) is 10.4 Å². The summed E-state index contributed by atoms with van der Waals surface area (Å²) in [7, 11) is 0. The Kier molecular flexibility index (Phi) is 4.65. The van der Waals surface area contributed by atoms with Crippen LogP contribution in [0.1, 0.15) is 62.1 Å². The van der Waals surface area contributed by atoms with Crippen LogP contribution < -0.4 is 5.32 Å². The van der Waals surface area contributed by atoms with Crippen molar-refractivity contribution in [3.8, 4) is 0 Å². The summed E-state index contributed by atoms with van der Waals surface area (Å²) in [5.74, 6) is -1.08. The maximum absolute atomic E-state index is 12.5. The Morgan fingerprint density at radius 2 is 2.05 bits per heavy atom. The number of amides is 1. The van der Waals surface area contributed by atoms with Crippen molar-refractivity contribution in [1.82, 2.24) is 15.1 Å². The SMILES string of the molecule is CCc1cc(C(=O)NC2(CC(=O)O)CCCC2)n(CC)n1. The number of carbonyl (C=O) groups excluding carboxylic acids is 1. The second-order valence-corrected chi connectivity index (χ2v) is 5.70. The third kappa shape index (κ3) is 3.43. The lowest BCUT2D eigenvalue weighted by Crippen LogP contribution is -2.48. The smallest absolute Gasteiger partial charge is 0.305 e. The van der Waals surface area contributed by atoms with Crippen molar-refractivity contribution in [2.24, 2.45) is 0 Å². The number of nitrogens with zero attached hydrogens (tertiary/aromatic N) is 2. The van der Waals surface area contributed by atoms with Gasteiger partial charge in [0, 0.05) is 6.54 Å². The van der Waals surface area contributed by atoms with Crippen LogP contribution in [0.4, 0.5) is 0 Å². The summed E-state index contributed by atoms with van der Waals surface area (Å²) in [4.78, 5) is 23.6. The van der Waals surface area contributed by atoms with Crippen LogP contribution in [0.2, 0.25) is 0 Å². The molecule has 2 N–H and O–H groups in total. The van der Waals surface area contributed by atoms with Gasteiger partial charge in [-0.15, -0.1) is 0 Å². The zero-order valence-electron chi connectivity index (χ0n) is 12.7. The molecule has 0 spiro atoms. The average Bonchev–Trinajstić information content (AvgIpc) is 3.04. The number of hydrogen-bond acceptors (Lipinski definition) is 3. The van der Waals surface area contributed by atoms with Crippen LogP contribution in [-0.2, 0) is 17.8 Å². The lowest BCUT2D eigenvalue weighted by atomic mass is 9.93. The fourth-order valence-corrected chi connectivity index (χ4v) is 3.06. The third-order valence-corrected chi connectivity index (χ3v) is 4.15. The molecule has 1 aliphatic carbocycles. The van der Waals surface area contributed by atoms with E-state index < -0.39 is 11.5 Å². The Bertz CT molecular complexity index is 530. The molecule has 0 bridgehead atoms. The van der Waals surface area contributed by atoms with E-state index in [0.717, 1.165) is 37.8 Å². The van der Waals surface area contributed by atoms with Crippen molar-refractivity contribution >= 4 is 11.9 Å². The molecule has 1 aromatic rings. The second kappa shape index (κ2) is 6.28. The molecule has 116 valence electrons. The number of aryl methyl sites for hydroxylation is 2. The van der Waals surface area contributed by atoms with Gasteiger partial charge in [-0.3, -0.25) is 14.3 Å². The van der Waals surface area contributed by atoms with Gasteiger partial charge in [0.05, 0.1) is 17.7 Å². The number of aromatic nitrogens is 2. The number of carboxylic acid groups (broad SMARTS) is 1. The highest BCUT2D eigenvalue weighted by atomic mass is 16.4. The lowest BCUT2D eigenvalue weighted by molar-refractivity contribution is -0.138. The van der Waals surface area contributed by atoms with Crippen molar-refractivity contribution in [3.05, 3.63) is 17.5 Å². The first-order valence-electron chi connectivity index (χ1n) is 7.60. The van der Waals surface area contributed by atoms with Crippen LogP contribution >= 0.6 is 0 Å². The molecule has 1 heterocycles. The van der Waals surface area contributed by atoms with Crippen molar-refractivity contribution in [2.75, 3.05) is 0 Å². The summed E-state index contributed by atoms with van der Waals surface area (Å²) < 4.78 is 1.68. The second-order valence-electron chi connectivity index (χ2n) is 5.70. The van der Waals surface area contributed by atoms with E-state index in [1.807, 2.05) is 13.8 Å². The molecule has 1 aromatic heterocycles.